The summed E-state index contributed by atoms with van der Waals surface area (Å²) in [4.78, 5) is 10.3. The van der Waals surface area contributed by atoms with E-state index in [4.69, 9.17) is 9.97 Å². The highest BCUT2D eigenvalue weighted by Crippen LogP contribution is 2.51. The molecular weight excluding hydrogens is 797 g/mol. The van der Waals surface area contributed by atoms with Crippen LogP contribution < -0.4 is 0 Å². The number of nitrogens with zero attached hydrogens (tertiary/aromatic N) is 2. The van der Waals surface area contributed by atoms with Crippen molar-refractivity contribution in [3.05, 3.63) is 267 Å². The second-order valence-corrected chi connectivity index (χ2v) is 16.5. The molecule has 2 nitrogen and oxygen atoms in total. The van der Waals surface area contributed by atoms with Crippen molar-refractivity contribution < 1.29 is 0 Å². The molecule has 11 aromatic rings. The third kappa shape index (κ3) is 8.16. The van der Waals surface area contributed by atoms with Crippen LogP contribution in [0.15, 0.2) is 267 Å². The molecule has 11 rings (SSSR count). The molecule has 0 atom stereocenters. The van der Waals surface area contributed by atoms with Gasteiger partial charge in [0, 0.05) is 16.7 Å². The zero-order valence-electron chi connectivity index (χ0n) is 36.3. The highest BCUT2D eigenvalue weighted by molar-refractivity contribution is 6.08. The molecule has 0 aliphatic rings. The summed E-state index contributed by atoms with van der Waals surface area (Å²) in [6.45, 7) is 0. The van der Waals surface area contributed by atoms with E-state index in [0.29, 0.717) is 5.82 Å². The van der Waals surface area contributed by atoms with Gasteiger partial charge in [-0.1, -0.05) is 237 Å². The molecule has 0 aliphatic carbocycles. The Hall–Kier alpha value is -8.72. The van der Waals surface area contributed by atoms with E-state index in [1.54, 1.807) is 0 Å². The Balaban J connectivity index is 1.14. The van der Waals surface area contributed by atoms with Crippen LogP contribution in [0.2, 0.25) is 0 Å². The van der Waals surface area contributed by atoms with E-state index in [1.807, 2.05) is 12.1 Å². The summed E-state index contributed by atoms with van der Waals surface area (Å²) in [7, 11) is 0. The highest BCUT2D eigenvalue weighted by Gasteiger charge is 2.24. The van der Waals surface area contributed by atoms with Crippen molar-refractivity contribution in [3.8, 4) is 112 Å². The van der Waals surface area contributed by atoms with E-state index in [0.717, 1.165) is 67.0 Å². The van der Waals surface area contributed by atoms with Crippen molar-refractivity contribution in [2.24, 2.45) is 0 Å². The van der Waals surface area contributed by atoms with Gasteiger partial charge in [-0.25, -0.2) is 9.97 Å². The largest absolute Gasteiger partial charge is 0.228 e. The monoisotopic (exact) mass is 840 g/mol. The van der Waals surface area contributed by atoms with E-state index in [-0.39, 0.29) is 0 Å². The Bertz CT molecular complexity index is 3330. The Morgan fingerprint density at radius 3 is 0.909 bits per heavy atom. The van der Waals surface area contributed by atoms with Gasteiger partial charge in [-0.15, -0.1) is 0 Å². The van der Waals surface area contributed by atoms with Crippen LogP contribution in [0.5, 0.6) is 0 Å². The molecule has 0 saturated carbocycles. The Labute approximate surface area is 386 Å². The van der Waals surface area contributed by atoms with Gasteiger partial charge < -0.3 is 0 Å². The minimum atomic E-state index is 0.688. The molecule has 0 amide bonds. The van der Waals surface area contributed by atoms with Gasteiger partial charge >= 0.3 is 0 Å². The molecule has 2 heteroatoms. The van der Waals surface area contributed by atoms with Gasteiger partial charge in [0.25, 0.3) is 0 Å². The SMILES string of the molecule is c1ccc(-c2cc(-c3ccc(-c4nc(-c5ccccc5)cc(-c5ccccc5)n4)cc3)cc(-c3cc(-c4ccccc4)c(-c4ccccc4)c(-c4ccccc4)c3-c3ccccc3)c2)cc1. The molecule has 1 aromatic heterocycles. The van der Waals surface area contributed by atoms with Gasteiger partial charge in [0.2, 0.25) is 0 Å². The zero-order chi connectivity index (χ0) is 44.1. The maximum atomic E-state index is 5.13. The fraction of sp³-hybridized carbons (Fsp3) is 0. The van der Waals surface area contributed by atoms with E-state index >= 15 is 0 Å². The number of hydrogen-bond acceptors (Lipinski definition) is 2. The fourth-order valence-corrected chi connectivity index (χ4v) is 9.11. The first-order valence-electron chi connectivity index (χ1n) is 22.5. The third-order valence-electron chi connectivity index (χ3n) is 12.3. The van der Waals surface area contributed by atoms with Crippen LogP contribution in [0, 0.1) is 0 Å². The first-order chi connectivity index (χ1) is 32.7. The average Bonchev–Trinajstić information content (AvgIpc) is 3.42. The van der Waals surface area contributed by atoms with Crippen LogP contribution in [0.3, 0.4) is 0 Å². The molecule has 1 heterocycles. The average molecular weight is 841 g/mol. The molecular formula is C64H44N2. The normalized spacial score (nSPS) is 11.0. The summed E-state index contributed by atoms with van der Waals surface area (Å²) in [5, 5.41) is 0. The maximum Gasteiger partial charge on any atom is 0.160 e. The summed E-state index contributed by atoms with van der Waals surface area (Å²) < 4.78 is 0. The second-order valence-electron chi connectivity index (χ2n) is 16.5. The Kier molecular flexibility index (Phi) is 11.0. The second kappa shape index (κ2) is 18.2. The van der Waals surface area contributed by atoms with Crippen molar-refractivity contribution in [2.45, 2.75) is 0 Å². The lowest BCUT2D eigenvalue weighted by molar-refractivity contribution is 1.18. The van der Waals surface area contributed by atoms with E-state index in [9.17, 15) is 0 Å². The number of hydrogen-bond donors (Lipinski definition) is 0. The summed E-state index contributed by atoms with van der Waals surface area (Å²) in [5.41, 5.74) is 21.1. The summed E-state index contributed by atoms with van der Waals surface area (Å²) in [6.07, 6.45) is 0. The minimum Gasteiger partial charge on any atom is -0.228 e. The van der Waals surface area contributed by atoms with Crippen LogP contribution in [0.1, 0.15) is 0 Å². The van der Waals surface area contributed by atoms with Gasteiger partial charge in [-0.05, 0) is 108 Å². The first kappa shape index (κ1) is 40.1. The highest BCUT2D eigenvalue weighted by atomic mass is 14.9. The fourth-order valence-electron chi connectivity index (χ4n) is 9.11. The molecule has 0 fully saturated rings. The standard InChI is InChI=1S/C64H44N2/c1-8-22-45(23-9-1)54-40-55(46-36-38-53(39-37-46)64-65-59(48-26-12-3-13-27-48)44-60(66-64)49-28-14-4-15-29-49)42-56(41-54)58-43-57(47-24-10-2-11-25-47)61(50-30-16-5-17-31-50)63(52-34-20-7-21-35-52)62(58)51-32-18-6-19-33-51/h1-44H. The van der Waals surface area contributed by atoms with Crippen LogP contribution in [0.4, 0.5) is 0 Å². The first-order valence-corrected chi connectivity index (χ1v) is 22.5. The van der Waals surface area contributed by atoms with Crippen molar-refractivity contribution in [2.75, 3.05) is 0 Å². The van der Waals surface area contributed by atoms with Crippen molar-refractivity contribution in [1.82, 2.24) is 9.97 Å². The van der Waals surface area contributed by atoms with Crippen LogP contribution in [-0.4, -0.2) is 9.97 Å². The molecule has 10 aromatic carbocycles. The van der Waals surface area contributed by atoms with Gasteiger partial charge in [0.1, 0.15) is 0 Å². The Morgan fingerprint density at radius 2 is 0.485 bits per heavy atom. The number of aromatic nitrogens is 2. The molecule has 0 spiro atoms. The molecule has 0 aliphatic heterocycles. The zero-order valence-corrected chi connectivity index (χ0v) is 36.3. The lowest BCUT2D eigenvalue weighted by atomic mass is 9.78. The lowest BCUT2D eigenvalue weighted by Crippen LogP contribution is -1.98. The lowest BCUT2D eigenvalue weighted by Gasteiger charge is -2.25. The van der Waals surface area contributed by atoms with Crippen molar-refractivity contribution in [3.63, 3.8) is 0 Å². The van der Waals surface area contributed by atoms with E-state index in [2.05, 4.69) is 255 Å². The van der Waals surface area contributed by atoms with Crippen LogP contribution >= 0.6 is 0 Å². The molecule has 0 bridgehead atoms. The minimum absolute atomic E-state index is 0.688. The summed E-state index contributed by atoms with van der Waals surface area (Å²) >= 11 is 0. The van der Waals surface area contributed by atoms with Gasteiger partial charge in [-0.2, -0.15) is 0 Å². The molecule has 0 N–H and O–H groups in total. The smallest absolute Gasteiger partial charge is 0.160 e. The molecule has 66 heavy (non-hydrogen) atoms. The number of benzene rings is 10. The summed E-state index contributed by atoms with van der Waals surface area (Å²) in [5.74, 6) is 0.688. The van der Waals surface area contributed by atoms with Crippen molar-refractivity contribution >= 4 is 0 Å². The van der Waals surface area contributed by atoms with Gasteiger partial charge in [-0.3, -0.25) is 0 Å². The predicted molar refractivity (Wildman–Crippen MR) is 276 cm³/mol. The van der Waals surface area contributed by atoms with Gasteiger partial charge in [0.15, 0.2) is 5.82 Å². The molecule has 0 unspecified atom stereocenters. The summed E-state index contributed by atoms with van der Waals surface area (Å²) in [6, 6.07) is 95.3. The number of rotatable bonds is 10. The molecule has 0 saturated heterocycles. The van der Waals surface area contributed by atoms with Crippen LogP contribution in [0.25, 0.3) is 112 Å². The molecule has 0 radical (unpaired) electrons. The molecule has 310 valence electrons. The Morgan fingerprint density at radius 1 is 0.182 bits per heavy atom. The predicted octanol–water partition coefficient (Wildman–Crippen LogP) is 17.1. The maximum absolute atomic E-state index is 5.13. The topological polar surface area (TPSA) is 25.8 Å². The van der Waals surface area contributed by atoms with Crippen LogP contribution in [-0.2, 0) is 0 Å². The van der Waals surface area contributed by atoms with Crippen molar-refractivity contribution in [1.29, 1.82) is 0 Å². The van der Waals surface area contributed by atoms with E-state index < -0.39 is 0 Å². The quantitative estimate of drug-likeness (QED) is 0.137. The van der Waals surface area contributed by atoms with E-state index in [1.165, 1.54) is 38.9 Å². The van der Waals surface area contributed by atoms with Gasteiger partial charge in [0.05, 0.1) is 11.4 Å². The third-order valence-corrected chi connectivity index (χ3v) is 12.3.